The molecule has 1 aliphatic rings. The second kappa shape index (κ2) is 12.8. The van der Waals surface area contributed by atoms with E-state index in [0.717, 1.165) is 34.4 Å². The number of carbonyl (C=O) groups is 1. The lowest BCUT2D eigenvalue weighted by molar-refractivity contribution is -0.192. The molecule has 1 saturated heterocycles. The Labute approximate surface area is 241 Å². The minimum atomic E-state index is -5.08. The molecule has 4 heterocycles. The van der Waals surface area contributed by atoms with Gasteiger partial charge in [0.25, 0.3) is 0 Å². The van der Waals surface area contributed by atoms with E-state index in [1.54, 1.807) is 17.1 Å². The molecule has 3 aromatic heterocycles. The average molecular weight is 627 g/mol. The summed E-state index contributed by atoms with van der Waals surface area (Å²) in [5.41, 5.74) is 2.24. The van der Waals surface area contributed by atoms with Crippen LogP contribution >= 0.6 is 0 Å². The van der Waals surface area contributed by atoms with Gasteiger partial charge in [-0.2, -0.15) is 27.8 Å². The van der Waals surface area contributed by atoms with Crippen LogP contribution in [0.15, 0.2) is 54.1 Å². The Balaban J connectivity index is 0.000000541. The molecule has 1 unspecified atom stereocenters. The van der Waals surface area contributed by atoms with E-state index in [1.807, 2.05) is 12.3 Å². The highest BCUT2D eigenvalue weighted by Crippen LogP contribution is 2.26. The molecular weight excluding hydrogens is 603 g/mol. The summed E-state index contributed by atoms with van der Waals surface area (Å²) in [6, 6.07) is 6.11. The number of H-pyrrole nitrogens is 1. The number of hydrogen-bond acceptors (Lipinski definition) is 8. The lowest BCUT2D eigenvalue weighted by atomic mass is 10.1. The van der Waals surface area contributed by atoms with Gasteiger partial charge in [-0.25, -0.2) is 32.0 Å². The van der Waals surface area contributed by atoms with Gasteiger partial charge in [0, 0.05) is 62.1 Å². The lowest BCUT2D eigenvalue weighted by Crippen LogP contribution is -2.49. The molecule has 18 heteroatoms. The molecule has 0 radical (unpaired) electrons. The molecule has 0 amide bonds. The molecule has 1 aromatic carbocycles. The smallest absolute Gasteiger partial charge is 0.475 e. The average Bonchev–Trinajstić information content (AvgIpc) is 3.63. The third-order valence-electron chi connectivity index (χ3n) is 6.45. The number of alkyl halides is 3. The maximum Gasteiger partial charge on any atom is 0.490 e. The van der Waals surface area contributed by atoms with Crippen molar-refractivity contribution in [1.29, 1.82) is 5.26 Å². The number of nitrogens with zero attached hydrogens (tertiary/aromatic N) is 7. The summed E-state index contributed by atoms with van der Waals surface area (Å²) >= 11 is 0. The van der Waals surface area contributed by atoms with E-state index in [1.165, 1.54) is 10.6 Å². The van der Waals surface area contributed by atoms with Gasteiger partial charge in [-0.3, -0.25) is 9.58 Å². The fourth-order valence-corrected chi connectivity index (χ4v) is 5.85. The number of aliphatic carboxylic acids is 1. The molecular formula is C25H23F5N8O4S. The van der Waals surface area contributed by atoms with Gasteiger partial charge in [0.15, 0.2) is 0 Å². The number of piperazine rings is 1. The standard InChI is InChI=1S/C23H22F2N8O2S.C2HF3O2/c24-17-9-18(25)11-20(10-17)36(34,35)32-7-5-31(6-8-32)14-19(1-3-26)33-13-16(12-30-33)22-21-2-4-27-23(21)29-15-28-22;3-2(4,5)1(6)7/h2,4,9-13,15,19H,1,5-8,14H2,(H,27,28,29);(H,6,7). The van der Waals surface area contributed by atoms with E-state index in [4.69, 9.17) is 9.90 Å². The summed E-state index contributed by atoms with van der Waals surface area (Å²) in [6.45, 7) is 1.62. The van der Waals surface area contributed by atoms with Crippen molar-refractivity contribution in [3.8, 4) is 17.3 Å². The maximum atomic E-state index is 13.6. The Morgan fingerprint density at radius 3 is 2.37 bits per heavy atom. The van der Waals surface area contributed by atoms with Crippen molar-refractivity contribution in [2.75, 3.05) is 32.7 Å². The number of benzene rings is 1. The molecule has 1 atom stereocenters. The first-order valence-electron chi connectivity index (χ1n) is 12.5. The van der Waals surface area contributed by atoms with Crippen molar-refractivity contribution >= 4 is 27.0 Å². The van der Waals surface area contributed by atoms with Crippen LogP contribution in [0.4, 0.5) is 22.0 Å². The van der Waals surface area contributed by atoms with Gasteiger partial charge < -0.3 is 10.1 Å². The van der Waals surface area contributed by atoms with Gasteiger partial charge in [0.2, 0.25) is 10.0 Å². The van der Waals surface area contributed by atoms with Crippen LogP contribution in [0.2, 0.25) is 0 Å². The fourth-order valence-electron chi connectivity index (χ4n) is 4.39. The van der Waals surface area contributed by atoms with Crippen LogP contribution in [0.5, 0.6) is 0 Å². The minimum absolute atomic E-state index is 0.163. The van der Waals surface area contributed by atoms with Crippen molar-refractivity contribution in [3.63, 3.8) is 0 Å². The molecule has 0 spiro atoms. The van der Waals surface area contributed by atoms with Crippen LogP contribution in [0, 0.1) is 23.0 Å². The first-order valence-corrected chi connectivity index (χ1v) is 13.9. The monoisotopic (exact) mass is 626 g/mol. The molecule has 228 valence electrons. The third kappa shape index (κ3) is 7.49. The highest BCUT2D eigenvalue weighted by molar-refractivity contribution is 7.89. The molecule has 5 rings (SSSR count). The Hall–Kier alpha value is -4.47. The lowest BCUT2D eigenvalue weighted by Gasteiger charge is -2.35. The van der Waals surface area contributed by atoms with Gasteiger partial charge in [0.1, 0.15) is 23.6 Å². The minimum Gasteiger partial charge on any atom is -0.475 e. The molecule has 1 aliphatic heterocycles. The predicted octanol–water partition coefficient (Wildman–Crippen LogP) is 3.19. The zero-order valence-corrected chi connectivity index (χ0v) is 22.9. The normalized spacial score (nSPS) is 15.4. The van der Waals surface area contributed by atoms with Crippen LogP contribution in [0.1, 0.15) is 12.5 Å². The second-order valence-corrected chi connectivity index (χ2v) is 11.2. The number of carboxylic acids is 1. The third-order valence-corrected chi connectivity index (χ3v) is 8.32. The van der Waals surface area contributed by atoms with E-state index in [-0.39, 0.29) is 25.6 Å². The summed E-state index contributed by atoms with van der Waals surface area (Å²) < 4.78 is 87.5. The Kier molecular flexibility index (Phi) is 9.37. The number of nitriles is 1. The number of aromatic nitrogens is 5. The number of halogens is 5. The molecule has 4 aromatic rings. The molecule has 0 aliphatic carbocycles. The molecule has 1 fully saturated rings. The van der Waals surface area contributed by atoms with Crippen LogP contribution in [-0.4, -0.2) is 92.3 Å². The van der Waals surface area contributed by atoms with E-state index >= 15 is 0 Å². The topological polar surface area (TPSA) is 161 Å². The largest absolute Gasteiger partial charge is 0.490 e. The van der Waals surface area contributed by atoms with Crippen LogP contribution in [-0.2, 0) is 14.8 Å². The van der Waals surface area contributed by atoms with Gasteiger partial charge in [0.05, 0.1) is 35.3 Å². The van der Waals surface area contributed by atoms with Crippen LogP contribution in [0.3, 0.4) is 0 Å². The number of aromatic amines is 1. The summed E-state index contributed by atoms with van der Waals surface area (Å²) in [5, 5.41) is 21.9. The quantitative estimate of drug-likeness (QED) is 0.294. The first-order chi connectivity index (χ1) is 20.3. The number of fused-ring (bicyclic) bond motifs is 1. The van der Waals surface area contributed by atoms with Gasteiger partial charge in [-0.05, 0) is 18.2 Å². The summed E-state index contributed by atoms with van der Waals surface area (Å²) in [5.74, 6) is -4.64. The summed E-state index contributed by atoms with van der Waals surface area (Å²) in [6.07, 6.45) is 1.93. The van der Waals surface area contributed by atoms with E-state index in [9.17, 15) is 35.6 Å². The summed E-state index contributed by atoms with van der Waals surface area (Å²) in [7, 11) is -4.02. The number of carboxylic acid groups (broad SMARTS) is 1. The molecule has 2 N–H and O–H groups in total. The SMILES string of the molecule is N#CCC(CN1CCN(S(=O)(=O)c2cc(F)cc(F)c2)CC1)n1cc(-c2ncnc3[nH]ccc23)cn1.O=C(O)C(F)(F)F. The zero-order valence-electron chi connectivity index (χ0n) is 22.0. The van der Waals surface area contributed by atoms with Crippen molar-refractivity contribution in [1.82, 2.24) is 33.9 Å². The van der Waals surface area contributed by atoms with Crippen molar-refractivity contribution < 1.29 is 40.3 Å². The van der Waals surface area contributed by atoms with E-state index in [0.29, 0.717) is 25.7 Å². The van der Waals surface area contributed by atoms with E-state index in [2.05, 4.69) is 31.0 Å². The molecule has 12 nitrogen and oxygen atoms in total. The second-order valence-electron chi connectivity index (χ2n) is 9.30. The van der Waals surface area contributed by atoms with E-state index < -0.39 is 38.7 Å². The predicted molar refractivity (Wildman–Crippen MR) is 140 cm³/mol. The Bertz CT molecular complexity index is 1720. The van der Waals surface area contributed by atoms with Crippen molar-refractivity contribution in [2.24, 2.45) is 0 Å². The highest BCUT2D eigenvalue weighted by Gasteiger charge is 2.38. The Morgan fingerprint density at radius 2 is 1.77 bits per heavy atom. The zero-order chi connectivity index (χ0) is 31.4. The number of rotatable bonds is 7. The van der Waals surface area contributed by atoms with Crippen LogP contribution in [0.25, 0.3) is 22.3 Å². The number of nitrogens with one attached hydrogen (secondary N) is 1. The summed E-state index contributed by atoms with van der Waals surface area (Å²) in [4.78, 5) is 22.2. The fraction of sp³-hybridized carbons (Fsp3) is 0.320. The van der Waals surface area contributed by atoms with Crippen molar-refractivity contribution in [2.45, 2.75) is 23.5 Å². The van der Waals surface area contributed by atoms with Gasteiger partial charge in [-0.15, -0.1) is 0 Å². The molecule has 43 heavy (non-hydrogen) atoms. The maximum absolute atomic E-state index is 13.6. The Morgan fingerprint density at radius 1 is 1.12 bits per heavy atom. The van der Waals surface area contributed by atoms with Crippen LogP contribution < -0.4 is 0 Å². The molecule has 0 bridgehead atoms. The van der Waals surface area contributed by atoms with Gasteiger partial charge in [-0.1, -0.05) is 0 Å². The van der Waals surface area contributed by atoms with Gasteiger partial charge >= 0.3 is 12.1 Å². The number of sulfonamides is 1. The first kappa shape index (κ1) is 31.5. The highest BCUT2D eigenvalue weighted by atomic mass is 32.2. The number of hydrogen-bond donors (Lipinski definition) is 2. The van der Waals surface area contributed by atoms with Crippen molar-refractivity contribution in [3.05, 3.63) is 60.8 Å². The molecule has 0 saturated carbocycles.